The number of ether oxygens (including phenoxy) is 2. The van der Waals surface area contributed by atoms with Gasteiger partial charge in [0.25, 0.3) is 0 Å². The van der Waals surface area contributed by atoms with Crippen molar-refractivity contribution in [3.05, 3.63) is 30.9 Å². The molecule has 24 heavy (non-hydrogen) atoms. The lowest BCUT2D eigenvalue weighted by Crippen LogP contribution is -2.44. The molecule has 4 heterocycles. The Morgan fingerprint density at radius 3 is 2.83 bits per heavy atom. The van der Waals surface area contributed by atoms with E-state index in [-0.39, 0.29) is 5.60 Å². The minimum atomic E-state index is -0.439. The van der Waals surface area contributed by atoms with Gasteiger partial charge in [-0.3, -0.25) is 0 Å². The molecule has 8 nitrogen and oxygen atoms in total. The summed E-state index contributed by atoms with van der Waals surface area (Å²) < 4.78 is 26.9. The average molecular weight is 334 g/mol. The average Bonchev–Trinajstić information content (AvgIpc) is 3.17. The summed E-state index contributed by atoms with van der Waals surface area (Å²) in [7, 11) is 0. The maximum atomic E-state index is 13.1. The van der Waals surface area contributed by atoms with Crippen LogP contribution in [0.1, 0.15) is 6.42 Å². The second-order valence-electron chi connectivity index (χ2n) is 6.40. The van der Waals surface area contributed by atoms with Gasteiger partial charge in [0.05, 0.1) is 38.8 Å². The van der Waals surface area contributed by atoms with E-state index in [9.17, 15) is 4.39 Å². The van der Waals surface area contributed by atoms with Crippen LogP contribution in [0.2, 0.25) is 0 Å². The second-order valence-corrected chi connectivity index (χ2v) is 6.40. The van der Waals surface area contributed by atoms with E-state index >= 15 is 0 Å². The second kappa shape index (κ2) is 6.40. The molecule has 1 spiro atoms. The Labute approximate surface area is 138 Å². The Hall–Kier alpha value is -2.13. The Kier molecular flexibility index (Phi) is 4.11. The fourth-order valence-corrected chi connectivity index (χ4v) is 3.43. The van der Waals surface area contributed by atoms with Crippen LogP contribution in [0.4, 0.5) is 10.3 Å². The summed E-state index contributed by atoms with van der Waals surface area (Å²) >= 11 is 0. The van der Waals surface area contributed by atoms with Crippen molar-refractivity contribution >= 4 is 5.95 Å². The Morgan fingerprint density at radius 1 is 1.25 bits per heavy atom. The van der Waals surface area contributed by atoms with Crippen LogP contribution in [0.5, 0.6) is 0 Å². The molecule has 0 aromatic carbocycles. The first kappa shape index (κ1) is 15.4. The van der Waals surface area contributed by atoms with Gasteiger partial charge >= 0.3 is 0 Å². The Balaban J connectivity index is 1.47. The van der Waals surface area contributed by atoms with Gasteiger partial charge in [-0.2, -0.15) is 0 Å². The van der Waals surface area contributed by atoms with Crippen LogP contribution in [0.25, 0.3) is 0 Å². The smallest absolute Gasteiger partial charge is 0.225 e. The molecular formula is C15H19FN6O2. The van der Waals surface area contributed by atoms with Gasteiger partial charge in [0.1, 0.15) is 18.3 Å². The summed E-state index contributed by atoms with van der Waals surface area (Å²) in [4.78, 5) is 10.2. The molecular weight excluding hydrogens is 315 g/mol. The van der Waals surface area contributed by atoms with E-state index in [1.165, 1.54) is 12.4 Å². The van der Waals surface area contributed by atoms with Crippen LogP contribution >= 0.6 is 0 Å². The highest BCUT2D eigenvalue weighted by Gasteiger charge is 2.43. The van der Waals surface area contributed by atoms with Crippen molar-refractivity contribution in [1.29, 1.82) is 0 Å². The van der Waals surface area contributed by atoms with Crippen LogP contribution in [0.3, 0.4) is 0 Å². The summed E-state index contributed by atoms with van der Waals surface area (Å²) in [5.41, 5.74) is -0.382. The fraction of sp³-hybridized carbons (Fsp3) is 0.600. The number of hydrogen-bond donors (Lipinski definition) is 0. The predicted molar refractivity (Wildman–Crippen MR) is 81.8 cm³/mol. The van der Waals surface area contributed by atoms with Crippen molar-refractivity contribution in [2.45, 2.75) is 18.6 Å². The van der Waals surface area contributed by atoms with Crippen molar-refractivity contribution < 1.29 is 13.9 Å². The standard InChI is InChI=1S/C15H19FN6O2/c16-13-4-17-14(18-5-13)22-1-2-23-9-15(8-22)3-12(7-24-15)6-21-10-19-20-11-21/h4-5,10-12H,1-3,6-9H2/t12-,15-/m1/s1. The van der Waals surface area contributed by atoms with Crippen molar-refractivity contribution in [2.75, 3.05) is 37.8 Å². The summed E-state index contributed by atoms with van der Waals surface area (Å²) in [6.45, 7) is 3.90. The molecule has 0 N–H and O–H groups in total. The summed E-state index contributed by atoms with van der Waals surface area (Å²) in [5, 5.41) is 7.67. The van der Waals surface area contributed by atoms with Gasteiger partial charge in [-0.1, -0.05) is 0 Å². The van der Waals surface area contributed by atoms with Crippen molar-refractivity contribution in [3.63, 3.8) is 0 Å². The lowest BCUT2D eigenvalue weighted by molar-refractivity contribution is -0.0458. The number of halogens is 1. The molecule has 4 rings (SSSR count). The minimum absolute atomic E-state index is 0.374. The summed E-state index contributed by atoms with van der Waals surface area (Å²) in [5.74, 6) is 0.441. The van der Waals surface area contributed by atoms with E-state index in [1.54, 1.807) is 12.7 Å². The van der Waals surface area contributed by atoms with Crippen LogP contribution in [-0.2, 0) is 16.0 Å². The van der Waals surface area contributed by atoms with E-state index in [0.29, 0.717) is 44.8 Å². The number of rotatable bonds is 3. The van der Waals surface area contributed by atoms with Gasteiger partial charge in [0.2, 0.25) is 5.95 Å². The van der Waals surface area contributed by atoms with Crippen LogP contribution in [-0.4, -0.2) is 63.2 Å². The Bertz CT molecular complexity index is 667. The van der Waals surface area contributed by atoms with E-state index in [0.717, 1.165) is 13.0 Å². The third-order valence-electron chi connectivity index (χ3n) is 4.46. The van der Waals surface area contributed by atoms with Crippen LogP contribution in [0, 0.1) is 11.7 Å². The molecule has 0 unspecified atom stereocenters. The molecule has 9 heteroatoms. The monoisotopic (exact) mass is 334 g/mol. The normalized spacial score (nSPS) is 27.5. The third-order valence-corrected chi connectivity index (χ3v) is 4.46. The number of nitrogens with zero attached hydrogens (tertiary/aromatic N) is 6. The zero-order chi connectivity index (χ0) is 16.4. The molecule has 2 aliphatic heterocycles. The van der Waals surface area contributed by atoms with E-state index in [1.807, 2.05) is 9.47 Å². The molecule has 2 aromatic rings. The Morgan fingerprint density at radius 2 is 2.04 bits per heavy atom. The molecule has 2 aromatic heterocycles. The fourth-order valence-electron chi connectivity index (χ4n) is 3.43. The van der Waals surface area contributed by atoms with Gasteiger partial charge < -0.3 is 18.9 Å². The van der Waals surface area contributed by atoms with Gasteiger partial charge in [0, 0.05) is 19.0 Å². The molecule has 0 radical (unpaired) electrons. The highest BCUT2D eigenvalue weighted by molar-refractivity contribution is 5.30. The SMILES string of the molecule is Fc1cnc(N2CCOC[C@@]3(C[C@H](Cn4cnnc4)CO3)C2)nc1. The van der Waals surface area contributed by atoms with E-state index < -0.39 is 5.82 Å². The summed E-state index contributed by atoms with van der Waals surface area (Å²) in [6.07, 6.45) is 6.68. The maximum absolute atomic E-state index is 13.1. The topological polar surface area (TPSA) is 78.2 Å². The van der Waals surface area contributed by atoms with E-state index in [4.69, 9.17) is 9.47 Å². The predicted octanol–water partition coefficient (Wildman–Crippen LogP) is 0.519. The van der Waals surface area contributed by atoms with Gasteiger partial charge in [-0.25, -0.2) is 14.4 Å². The first-order valence-electron chi connectivity index (χ1n) is 7.99. The van der Waals surface area contributed by atoms with Crippen molar-refractivity contribution in [1.82, 2.24) is 24.7 Å². The lowest BCUT2D eigenvalue weighted by atomic mass is 9.94. The molecule has 0 amide bonds. The molecule has 0 aliphatic carbocycles. The van der Waals surface area contributed by atoms with Crippen LogP contribution in [0.15, 0.2) is 25.0 Å². The third kappa shape index (κ3) is 3.22. The maximum Gasteiger partial charge on any atom is 0.225 e. The molecule has 0 saturated carbocycles. The molecule has 2 atom stereocenters. The highest BCUT2D eigenvalue weighted by Crippen LogP contribution is 2.34. The molecule has 0 bridgehead atoms. The van der Waals surface area contributed by atoms with Crippen molar-refractivity contribution in [2.24, 2.45) is 5.92 Å². The minimum Gasteiger partial charge on any atom is -0.377 e. The number of anilines is 1. The quantitative estimate of drug-likeness (QED) is 0.810. The summed E-state index contributed by atoms with van der Waals surface area (Å²) in [6, 6.07) is 0. The zero-order valence-corrected chi connectivity index (χ0v) is 13.2. The molecule has 2 fully saturated rings. The number of hydrogen-bond acceptors (Lipinski definition) is 7. The molecule has 2 saturated heterocycles. The van der Waals surface area contributed by atoms with E-state index in [2.05, 4.69) is 20.2 Å². The number of aromatic nitrogens is 5. The lowest BCUT2D eigenvalue weighted by Gasteiger charge is -2.31. The first-order valence-corrected chi connectivity index (χ1v) is 7.99. The van der Waals surface area contributed by atoms with Gasteiger partial charge in [-0.05, 0) is 6.42 Å². The molecule has 128 valence electrons. The van der Waals surface area contributed by atoms with Gasteiger partial charge in [0.15, 0.2) is 5.82 Å². The van der Waals surface area contributed by atoms with Gasteiger partial charge in [-0.15, -0.1) is 10.2 Å². The van der Waals surface area contributed by atoms with Crippen LogP contribution < -0.4 is 4.90 Å². The largest absolute Gasteiger partial charge is 0.377 e. The van der Waals surface area contributed by atoms with Crippen molar-refractivity contribution in [3.8, 4) is 0 Å². The molecule has 2 aliphatic rings. The zero-order valence-electron chi connectivity index (χ0n) is 13.2. The first-order chi connectivity index (χ1) is 11.7. The highest BCUT2D eigenvalue weighted by atomic mass is 19.1.